The molecule has 1 aliphatic heterocycles. The molecule has 0 unspecified atom stereocenters. The molecule has 0 bridgehead atoms. The van der Waals surface area contributed by atoms with Gasteiger partial charge in [0.15, 0.2) is 5.82 Å². The van der Waals surface area contributed by atoms with Gasteiger partial charge in [-0.05, 0) is 48.0 Å². The van der Waals surface area contributed by atoms with Crippen LogP contribution in [0.3, 0.4) is 0 Å². The van der Waals surface area contributed by atoms with Crippen LogP contribution in [0, 0.1) is 0 Å². The summed E-state index contributed by atoms with van der Waals surface area (Å²) in [6, 6.07) is 16.9. The van der Waals surface area contributed by atoms with E-state index in [0.29, 0.717) is 49.6 Å². The van der Waals surface area contributed by atoms with Crippen molar-refractivity contribution in [1.29, 1.82) is 0 Å². The number of imidazole rings is 1. The standard InChI is InChI=1S/C25H22F3N5O2/c26-25(27,28)35-19-7-4-17(5-8-19)16-32-11-13-33(14-12-32)24(34)18-6-9-20-22(15-18)31-23(30-20)21-3-1-2-10-29-21/h1-10,15H,11-14,16H2,(H,30,31). The zero-order valence-electron chi connectivity index (χ0n) is 18.6. The summed E-state index contributed by atoms with van der Waals surface area (Å²) in [5, 5.41) is 0. The Kier molecular flexibility index (Phi) is 6.12. The molecular weight excluding hydrogens is 459 g/mol. The van der Waals surface area contributed by atoms with E-state index in [2.05, 4.69) is 24.6 Å². The third kappa shape index (κ3) is 5.43. The van der Waals surface area contributed by atoms with Gasteiger partial charge in [0.25, 0.3) is 5.91 Å². The number of nitrogens with zero attached hydrogens (tertiary/aromatic N) is 4. The highest BCUT2D eigenvalue weighted by Gasteiger charge is 2.31. The van der Waals surface area contributed by atoms with Gasteiger partial charge >= 0.3 is 6.36 Å². The number of halogens is 3. The second-order valence-electron chi connectivity index (χ2n) is 8.29. The van der Waals surface area contributed by atoms with E-state index in [-0.39, 0.29) is 11.7 Å². The number of piperazine rings is 1. The number of hydrogen-bond acceptors (Lipinski definition) is 5. The van der Waals surface area contributed by atoms with Gasteiger partial charge in [-0.15, -0.1) is 13.2 Å². The molecule has 0 saturated carbocycles. The highest BCUT2D eigenvalue weighted by Crippen LogP contribution is 2.24. The highest BCUT2D eigenvalue weighted by atomic mass is 19.4. The summed E-state index contributed by atoms with van der Waals surface area (Å²) >= 11 is 0. The first-order valence-electron chi connectivity index (χ1n) is 11.1. The van der Waals surface area contributed by atoms with Crippen molar-refractivity contribution in [3.05, 3.63) is 78.0 Å². The minimum atomic E-state index is -4.70. The van der Waals surface area contributed by atoms with Crippen molar-refractivity contribution in [2.75, 3.05) is 26.2 Å². The third-order valence-corrected chi connectivity index (χ3v) is 5.86. The molecule has 0 atom stereocenters. The molecule has 35 heavy (non-hydrogen) atoms. The van der Waals surface area contributed by atoms with Crippen LogP contribution >= 0.6 is 0 Å². The second-order valence-corrected chi connectivity index (χ2v) is 8.29. The summed E-state index contributed by atoms with van der Waals surface area (Å²) < 4.78 is 40.9. The number of benzene rings is 2. The van der Waals surface area contributed by atoms with E-state index in [1.165, 1.54) is 12.1 Å². The van der Waals surface area contributed by atoms with Gasteiger partial charge in [0.2, 0.25) is 0 Å². The molecule has 0 radical (unpaired) electrons. The molecule has 0 aliphatic carbocycles. The highest BCUT2D eigenvalue weighted by molar-refractivity contribution is 5.97. The Morgan fingerprint density at radius 3 is 2.46 bits per heavy atom. The number of carbonyl (C=O) groups is 1. The molecule has 1 fully saturated rings. The predicted octanol–water partition coefficient (Wildman–Crippen LogP) is 4.48. The Bertz CT molecular complexity index is 1310. The van der Waals surface area contributed by atoms with E-state index in [1.54, 1.807) is 30.5 Å². The molecule has 1 aliphatic rings. The minimum Gasteiger partial charge on any atom is -0.406 e. The number of pyridine rings is 1. The van der Waals surface area contributed by atoms with Crippen molar-refractivity contribution >= 4 is 16.9 Å². The number of ether oxygens (including phenoxy) is 1. The van der Waals surface area contributed by atoms with Crippen molar-refractivity contribution in [1.82, 2.24) is 24.8 Å². The van der Waals surface area contributed by atoms with Gasteiger partial charge < -0.3 is 14.6 Å². The molecule has 3 heterocycles. The van der Waals surface area contributed by atoms with Crippen molar-refractivity contribution in [3.63, 3.8) is 0 Å². The van der Waals surface area contributed by atoms with Gasteiger partial charge in [0.1, 0.15) is 11.4 Å². The van der Waals surface area contributed by atoms with E-state index in [1.807, 2.05) is 29.2 Å². The topological polar surface area (TPSA) is 74.4 Å². The summed E-state index contributed by atoms with van der Waals surface area (Å²) in [5.41, 5.74) is 3.72. The molecule has 7 nitrogen and oxygen atoms in total. The van der Waals surface area contributed by atoms with Crippen LogP contribution in [0.25, 0.3) is 22.6 Å². The largest absolute Gasteiger partial charge is 0.573 e. The first-order chi connectivity index (χ1) is 16.8. The first kappa shape index (κ1) is 22.9. The maximum atomic E-state index is 13.1. The van der Waals surface area contributed by atoms with Crippen LogP contribution < -0.4 is 4.74 Å². The van der Waals surface area contributed by atoms with Gasteiger partial charge in [-0.2, -0.15) is 0 Å². The fourth-order valence-corrected chi connectivity index (χ4v) is 4.11. The molecule has 2 aromatic heterocycles. The van der Waals surface area contributed by atoms with Crippen LogP contribution in [0.5, 0.6) is 5.75 Å². The Hall–Kier alpha value is -3.92. The lowest BCUT2D eigenvalue weighted by Gasteiger charge is -2.34. The van der Waals surface area contributed by atoms with Gasteiger partial charge in [-0.1, -0.05) is 18.2 Å². The molecule has 2 aromatic carbocycles. The molecule has 1 saturated heterocycles. The SMILES string of the molecule is O=C(c1ccc2[nH]c(-c3ccccn3)nc2c1)N1CCN(Cc2ccc(OC(F)(F)F)cc2)CC1. The predicted molar refractivity (Wildman–Crippen MR) is 124 cm³/mol. The Morgan fingerprint density at radius 2 is 1.77 bits per heavy atom. The van der Waals surface area contributed by atoms with Crippen LogP contribution in [0.1, 0.15) is 15.9 Å². The number of aromatic nitrogens is 3. The Morgan fingerprint density at radius 1 is 1.00 bits per heavy atom. The lowest BCUT2D eigenvalue weighted by Crippen LogP contribution is -2.48. The van der Waals surface area contributed by atoms with E-state index in [9.17, 15) is 18.0 Å². The normalized spacial score (nSPS) is 14.9. The van der Waals surface area contributed by atoms with Crippen LogP contribution in [-0.4, -0.2) is 63.2 Å². The number of H-pyrrole nitrogens is 1. The zero-order valence-corrected chi connectivity index (χ0v) is 18.6. The lowest BCUT2D eigenvalue weighted by molar-refractivity contribution is -0.274. The second kappa shape index (κ2) is 9.38. The molecule has 180 valence electrons. The number of amides is 1. The van der Waals surface area contributed by atoms with Crippen LogP contribution in [0.15, 0.2) is 66.9 Å². The van der Waals surface area contributed by atoms with Crippen LogP contribution in [0.4, 0.5) is 13.2 Å². The average molecular weight is 481 g/mol. The molecule has 5 rings (SSSR count). The molecule has 10 heteroatoms. The molecule has 1 amide bonds. The van der Waals surface area contributed by atoms with Crippen LogP contribution in [0.2, 0.25) is 0 Å². The molecule has 0 spiro atoms. The monoisotopic (exact) mass is 481 g/mol. The van der Waals surface area contributed by atoms with Crippen LogP contribution in [-0.2, 0) is 6.54 Å². The van der Waals surface area contributed by atoms with E-state index >= 15 is 0 Å². The number of rotatable bonds is 5. The summed E-state index contributed by atoms with van der Waals surface area (Å²) in [4.78, 5) is 29.2. The average Bonchev–Trinajstić information content (AvgIpc) is 3.29. The van der Waals surface area contributed by atoms with Gasteiger partial charge in [0.05, 0.1) is 11.0 Å². The number of nitrogens with one attached hydrogen (secondary N) is 1. The molecule has 4 aromatic rings. The number of aromatic amines is 1. The molecular formula is C25H22F3N5O2. The summed E-state index contributed by atoms with van der Waals surface area (Å²) in [6.07, 6.45) is -3.00. The quantitative estimate of drug-likeness (QED) is 0.455. The fraction of sp³-hybridized carbons (Fsp3) is 0.240. The Labute approximate surface area is 199 Å². The van der Waals surface area contributed by atoms with E-state index < -0.39 is 6.36 Å². The Balaban J connectivity index is 1.19. The maximum Gasteiger partial charge on any atom is 0.573 e. The number of hydrogen-bond donors (Lipinski definition) is 1. The van der Waals surface area contributed by atoms with Gasteiger partial charge in [-0.3, -0.25) is 14.7 Å². The summed E-state index contributed by atoms with van der Waals surface area (Å²) in [6.45, 7) is 3.05. The van der Waals surface area contributed by atoms with Crippen molar-refractivity contribution < 1.29 is 22.7 Å². The number of carbonyl (C=O) groups excluding carboxylic acids is 1. The first-order valence-corrected chi connectivity index (χ1v) is 11.1. The maximum absolute atomic E-state index is 13.1. The van der Waals surface area contributed by atoms with E-state index in [0.717, 1.165) is 16.8 Å². The summed E-state index contributed by atoms with van der Waals surface area (Å²) in [7, 11) is 0. The number of alkyl halides is 3. The van der Waals surface area contributed by atoms with Gasteiger partial charge in [-0.25, -0.2) is 4.98 Å². The van der Waals surface area contributed by atoms with Crippen molar-refractivity contribution in [3.8, 4) is 17.3 Å². The molecule has 1 N–H and O–H groups in total. The van der Waals surface area contributed by atoms with Gasteiger partial charge in [0, 0.05) is 44.5 Å². The zero-order chi connectivity index (χ0) is 24.4. The van der Waals surface area contributed by atoms with Crippen molar-refractivity contribution in [2.24, 2.45) is 0 Å². The minimum absolute atomic E-state index is 0.0532. The van der Waals surface area contributed by atoms with E-state index in [4.69, 9.17) is 0 Å². The van der Waals surface area contributed by atoms with Crippen molar-refractivity contribution in [2.45, 2.75) is 12.9 Å². The fourth-order valence-electron chi connectivity index (χ4n) is 4.11. The third-order valence-electron chi connectivity index (χ3n) is 5.86. The lowest BCUT2D eigenvalue weighted by atomic mass is 10.1. The summed E-state index contributed by atoms with van der Waals surface area (Å²) in [5.74, 6) is 0.358. The number of fused-ring (bicyclic) bond motifs is 1. The smallest absolute Gasteiger partial charge is 0.406 e.